The summed E-state index contributed by atoms with van der Waals surface area (Å²) in [6.45, 7) is 6.08. The van der Waals surface area contributed by atoms with Crippen LogP contribution in [0.1, 0.15) is 24.5 Å². The van der Waals surface area contributed by atoms with Gasteiger partial charge in [0, 0.05) is 15.6 Å². The molecule has 0 bridgehead atoms. The van der Waals surface area contributed by atoms with Crippen molar-refractivity contribution in [2.45, 2.75) is 37.3 Å². The second-order valence-corrected chi connectivity index (χ2v) is 7.05. The molecule has 116 valence electrons. The Balaban J connectivity index is 2.06. The summed E-state index contributed by atoms with van der Waals surface area (Å²) in [5.74, 6) is 0.0347. The molecule has 22 heavy (non-hydrogen) atoms. The van der Waals surface area contributed by atoms with Crippen LogP contribution in [0.3, 0.4) is 0 Å². The first-order valence-electron chi connectivity index (χ1n) is 7.29. The van der Waals surface area contributed by atoms with Gasteiger partial charge in [0.05, 0.1) is 5.25 Å². The first kappa shape index (κ1) is 16.9. The summed E-state index contributed by atoms with van der Waals surface area (Å²) in [6, 6.07) is 13.7. The number of anilines is 1. The number of thioether (sulfide) groups is 1. The number of hydrogen-bond acceptors (Lipinski definition) is 2. The quantitative estimate of drug-likeness (QED) is 0.735. The Labute approximate surface area is 141 Å². The lowest BCUT2D eigenvalue weighted by molar-refractivity contribution is -0.115. The molecule has 4 heteroatoms. The summed E-state index contributed by atoms with van der Waals surface area (Å²) >= 11 is 7.46. The highest BCUT2D eigenvalue weighted by Gasteiger charge is 2.18. The minimum atomic E-state index is -0.123. The van der Waals surface area contributed by atoms with Crippen molar-refractivity contribution in [1.29, 1.82) is 0 Å². The van der Waals surface area contributed by atoms with Crippen molar-refractivity contribution in [1.82, 2.24) is 0 Å². The van der Waals surface area contributed by atoms with E-state index in [2.05, 4.69) is 11.4 Å². The normalized spacial score (nSPS) is 12.0. The van der Waals surface area contributed by atoms with Crippen LogP contribution in [0.15, 0.2) is 47.4 Å². The summed E-state index contributed by atoms with van der Waals surface area (Å²) in [5.41, 5.74) is 3.15. The molecule has 0 aromatic heterocycles. The Morgan fingerprint density at radius 3 is 2.27 bits per heavy atom. The van der Waals surface area contributed by atoms with E-state index in [9.17, 15) is 4.79 Å². The van der Waals surface area contributed by atoms with E-state index in [0.717, 1.165) is 28.1 Å². The van der Waals surface area contributed by atoms with Crippen molar-refractivity contribution < 1.29 is 4.79 Å². The lowest BCUT2D eigenvalue weighted by Gasteiger charge is -2.15. The fraction of sp³-hybridized carbons (Fsp3) is 0.278. The lowest BCUT2D eigenvalue weighted by Crippen LogP contribution is -2.24. The van der Waals surface area contributed by atoms with E-state index in [4.69, 9.17) is 11.6 Å². The molecule has 1 atom stereocenters. The van der Waals surface area contributed by atoms with Gasteiger partial charge >= 0.3 is 0 Å². The maximum atomic E-state index is 12.5. The van der Waals surface area contributed by atoms with Gasteiger partial charge in [-0.25, -0.2) is 0 Å². The summed E-state index contributed by atoms with van der Waals surface area (Å²) in [5, 5.41) is 3.60. The Hall–Kier alpha value is -1.45. The maximum absolute atomic E-state index is 12.5. The third-order valence-corrected chi connectivity index (χ3v) is 4.87. The second-order valence-electron chi connectivity index (χ2n) is 5.33. The fourth-order valence-corrected chi connectivity index (χ4v) is 3.35. The van der Waals surface area contributed by atoms with Gasteiger partial charge in [-0.3, -0.25) is 4.79 Å². The first-order valence-corrected chi connectivity index (χ1v) is 8.55. The monoisotopic (exact) mass is 333 g/mol. The smallest absolute Gasteiger partial charge is 0.237 e. The molecular formula is C18H20ClNOS. The molecule has 0 heterocycles. The number of benzene rings is 2. The first-order chi connectivity index (χ1) is 10.5. The zero-order chi connectivity index (χ0) is 16.1. The van der Waals surface area contributed by atoms with Crippen LogP contribution in [0.5, 0.6) is 0 Å². The number of carbonyl (C=O) groups excluding carboxylic acids is 1. The van der Waals surface area contributed by atoms with E-state index in [1.807, 2.05) is 57.2 Å². The Kier molecular flexibility index (Phi) is 5.92. The summed E-state index contributed by atoms with van der Waals surface area (Å²) in [6.07, 6.45) is 0.768. The molecule has 2 rings (SSSR count). The van der Waals surface area contributed by atoms with Gasteiger partial charge in [-0.2, -0.15) is 0 Å². The van der Waals surface area contributed by atoms with Gasteiger partial charge in [0.25, 0.3) is 0 Å². The third-order valence-electron chi connectivity index (χ3n) is 3.24. The number of rotatable bonds is 5. The predicted molar refractivity (Wildman–Crippen MR) is 95.9 cm³/mol. The molecule has 1 amide bonds. The van der Waals surface area contributed by atoms with Gasteiger partial charge in [0.15, 0.2) is 0 Å². The molecule has 2 nitrogen and oxygen atoms in total. The molecule has 0 aliphatic heterocycles. The van der Waals surface area contributed by atoms with Crippen molar-refractivity contribution in [3.8, 4) is 0 Å². The van der Waals surface area contributed by atoms with Crippen LogP contribution in [0.25, 0.3) is 0 Å². The SMILES string of the molecule is CCC(Sc1ccc(Cl)cc1)C(=O)Nc1cc(C)cc(C)c1. The predicted octanol–water partition coefficient (Wildman–Crippen LogP) is 5.47. The van der Waals surface area contributed by atoms with E-state index in [1.165, 1.54) is 0 Å². The topological polar surface area (TPSA) is 29.1 Å². The zero-order valence-electron chi connectivity index (χ0n) is 13.0. The van der Waals surface area contributed by atoms with Gasteiger partial charge in [0.1, 0.15) is 0 Å². The van der Waals surface area contributed by atoms with Crippen LogP contribution < -0.4 is 5.32 Å². The van der Waals surface area contributed by atoms with Crippen LogP contribution in [-0.2, 0) is 4.79 Å². The fourth-order valence-electron chi connectivity index (χ4n) is 2.27. The van der Waals surface area contributed by atoms with Crippen molar-refractivity contribution in [2.24, 2.45) is 0 Å². The highest BCUT2D eigenvalue weighted by atomic mass is 35.5. The summed E-state index contributed by atoms with van der Waals surface area (Å²) in [4.78, 5) is 13.5. The Morgan fingerprint density at radius 1 is 1.14 bits per heavy atom. The molecule has 0 spiro atoms. The third kappa shape index (κ3) is 4.79. The molecule has 0 saturated carbocycles. The van der Waals surface area contributed by atoms with Crippen LogP contribution in [0.4, 0.5) is 5.69 Å². The van der Waals surface area contributed by atoms with Gasteiger partial charge in [-0.1, -0.05) is 24.6 Å². The summed E-state index contributed by atoms with van der Waals surface area (Å²) < 4.78 is 0. The van der Waals surface area contributed by atoms with Crippen molar-refractivity contribution in [2.75, 3.05) is 5.32 Å². The van der Waals surface area contributed by atoms with E-state index in [0.29, 0.717) is 5.02 Å². The van der Waals surface area contributed by atoms with E-state index < -0.39 is 0 Å². The molecule has 2 aromatic rings. The average Bonchev–Trinajstić information content (AvgIpc) is 2.45. The molecule has 0 saturated heterocycles. The highest BCUT2D eigenvalue weighted by molar-refractivity contribution is 8.00. The molecule has 0 fully saturated rings. The van der Waals surface area contributed by atoms with Gasteiger partial charge in [0.2, 0.25) is 5.91 Å². The van der Waals surface area contributed by atoms with E-state index >= 15 is 0 Å². The number of hydrogen-bond donors (Lipinski definition) is 1. The molecule has 1 N–H and O–H groups in total. The lowest BCUT2D eigenvalue weighted by atomic mass is 10.1. The van der Waals surface area contributed by atoms with Crippen molar-refractivity contribution in [3.63, 3.8) is 0 Å². The summed E-state index contributed by atoms with van der Waals surface area (Å²) in [7, 11) is 0. The molecule has 1 unspecified atom stereocenters. The van der Waals surface area contributed by atoms with Crippen molar-refractivity contribution in [3.05, 3.63) is 58.6 Å². The average molecular weight is 334 g/mol. The van der Waals surface area contributed by atoms with Gasteiger partial charge in [-0.15, -0.1) is 11.8 Å². The maximum Gasteiger partial charge on any atom is 0.237 e. The van der Waals surface area contributed by atoms with E-state index in [1.54, 1.807) is 11.8 Å². The standard InChI is InChI=1S/C18H20ClNOS/c1-4-17(22-16-7-5-14(19)6-8-16)18(21)20-15-10-12(2)9-13(3)11-15/h5-11,17H,4H2,1-3H3,(H,20,21). The van der Waals surface area contributed by atoms with Crippen LogP contribution in [-0.4, -0.2) is 11.2 Å². The van der Waals surface area contributed by atoms with Gasteiger partial charge < -0.3 is 5.32 Å². The number of halogens is 1. The van der Waals surface area contributed by atoms with Crippen LogP contribution >= 0.6 is 23.4 Å². The molecule has 2 aromatic carbocycles. The largest absolute Gasteiger partial charge is 0.325 e. The molecule has 0 aliphatic rings. The Morgan fingerprint density at radius 2 is 1.73 bits per heavy atom. The number of aryl methyl sites for hydroxylation is 2. The highest BCUT2D eigenvalue weighted by Crippen LogP contribution is 2.27. The number of nitrogens with one attached hydrogen (secondary N) is 1. The minimum Gasteiger partial charge on any atom is -0.325 e. The second kappa shape index (κ2) is 7.70. The van der Waals surface area contributed by atoms with Crippen LogP contribution in [0, 0.1) is 13.8 Å². The molecule has 0 aliphatic carbocycles. The molecule has 0 radical (unpaired) electrons. The molecular weight excluding hydrogens is 314 g/mol. The van der Waals surface area contributed by atoms with Crippen LogP contribution in [0.2, 0.25) is 5.02 Å². The van der Waals surface area contributed by atoms with E-state index in [-0.39, 0.29) is 11.2 Å². The van der Waals surface area contributed by atoms with Crippen molar-refractivity contribution >= 4 is 35.0 Å². The van der Waals surface area contributed by atoms with Gasteiger partial charge in [-0.05, 0) is 67.8 Å². The minimum absolute atomic E-state index is 0.0347. The zero-order valence-corrected chi connectivity index (χ0v) is 14.6. The number of amides is 1. The Bertz CT molecular complexity index is 634. The number of carbonyl (C=O) groups is 1.